The van der Waals surface area contributed by atoms with Crippen LogP contribution in [0.25, 0.3) is 0 Å². The van der Waals surface area contributed by atoms with Gasteiger partial charge in [-0.05, 0) is 43.1 Å². The highest BCUT2D eigenvalue weighted by Crippen LogP contribution is 2.36. The van der Waals surface area contributed by atoms with Crippen LogP contribution in [0.1, 0.15) is 32.8 Å². The largest absolute Gasteiger partial charge is 0.489 e. The maximum absolute atomic E-state index is 5.86. The fraction of sp³-hybridized carbons (Fsp3) is 0.625. The van der Waals surface area contributed by atoms with Crippen molar-refractivity contribution in [1.82, 2.24) is 5.32 Å². The number of nitrogens with one attached hydrogen (secondary N) is 1. The first-order valence-electron chi connectivity index (χ1n) is 7.07. The number of hydrogen-bond acceptors (Lipinski definition) is 3. The Morgan fingerprint density at radius 1 is 1.21 bits per heavy atom. The third-order valence-corrected chi connectivity index (χ3v) is 3.77. The van der Waals surface area contributed by atoms with Gasteiger partial charge in [-0.3, -0.25) is 0 Å². The topological polar surface area (TPSA) is 30.5 Å². The molecule has 0 saturated heterocycles. The van der Waals surface area contributed by atoms with Gasteiger partial charge in [-0.15, -0.1) is 0 Å². The van der Waals surface area contributed by atoms with Crippen molar-refractivity contribution in [2.24, 2.45) is 5.92 Å². The number of ether oxygens (including phenoxy) is 2. The normalized spacial score (nSPS) is 19.1. The molecule has 0 saturated carbocycles. The van der Waals surface area contributed by atoms with E-state index in [0.29, 0.717) is 5.92 Å². The lowest BCUT2D eigenvalue weighted by Crippen LogP contribution is -2.23. The zero-order valence-corrected chi connectivity index (χ0v) is 12.5. The monoisotopic (exact) mass is 263 g/mol. The Balaban J connectivity index is 2.21. The molecule has 1 unspecified atom stereocenters. The van der Waals surface area contributed by atoms with E-state index < -0.39 is 0 Å². The van der Waals surface area contributed by atoms with Gasteiger partial charge in [-0.25, -0.2) is 0 Å². The summed E-state index contributed by atoms with van der Waals surface area (Å²) in [5, 5.41) is 3.22. The van der Waals surface area contributed by atoms with Gasteiger partial charge in [-0.2, -0.15) is 0 Å². The summed E-state index contributed by atoms with van der Waals surface area (Å²) in [5.74, 6) is 2.20. The van der Waals surface area contributed by atoms with Crippen LogP contribution in [0.2, 0.25) is 0 Å². The summed E-state index contributed by atoms with van der Waals surface area (Å²) < 4.78 is 11.6. The molecule has 0 bridgehead atoms. The molecule has 1 aromatic rings. The Kier molecular flexibility index (Phi) is 4.35. The maximum atomic E-state index is 5.86. The van der Waals surface area contributed by atoms with Gasteiger partial charge in [0, 0.05) is 5.92 Å². The smallest absolute Gasteiger partial charge is 0.161 e. The molecular formula is C16H25NO2. The molecule has 1 aliphatic heterocycles. The Bertz CT molecular complexity index is 429. The molecule has 0 fully saturated rings. The maximum Gasteiger partial charge on any atom is 0.161 e. The summed E-state index contributed by atoms with van der Waals surface area (Å²) in [6.45, 7) is 9.16. The average Bonchev–Trinajstić information content (AvgIpc) is 2.58. The second-order valence-corrected chi connectivity index (χ2v) is 6.13. The Morgan fingerprint density at radius 3 is 2.58 bits per heavy atom. The van der Waals surface area contributed by atoms with Gasteiger partial charge in [0.1, 0.15) is 0 Å². The Hall–Kier alpha value is -1.22. The van der Waals surface area contributed by atoms with Crippen LogP contribution in [0, 0.1) is 5.92 Å². The van der Waals surface area contributed by atoms with Gasteiger partial charge in [-0.1, -0.05) is 26.8 Å². The van der Waals surface area contributed by atoms with Crippen LogP contribution in [0.3, 0.4) is 0 Å². The summed E-state index contributed by atoms with van der Waals surface area (Å²) >= 11 is 0. The molecule has 19 heavy (non-hydrogen) atoms. The molecule has 106 valence electrons. The van der Waals surface area contributed by atoms with E-state index in [-0.39, 0.29) is 5.41 Å². The van der Waals surface area contributed by atoms with Crippen LogP contribution >= 0.6 is 0 Å². The van der Waals surface area contributed by atoms with E-state index in [1.807, 2.05) is 13.1 Å². The molecule has 0 amide bonds. The van der Waals surface area contributed by atoms with Crippen molar-refractivity contribution < 1.29 is 9.47 Å². The summed E-state index contributed by atoms with van der Waals surface area (Å²) in [4.78, 5) is 0. The summed E-state index contributed by atoms with van der Waals surface area (Å²) in [6, 6.07) is 6.35. The van der Waals surface area contributed by atoms with E-state index in [0.717, 1.165) is 37.7 Å². The quantitative estimate of drug-likeness (QED) is 0.906. The van der Waals surface area contributed by atoms with Gasteiger partial charge < -0.3 is 14.8 Å². The van der Waals surface area contributed by atoms with Crippen molar-refractivity contribution in [2.45, 2.75) is 32.6 Å². The minimum atomic E-state index is 0.138. The van der Waals surface area contributed by atoms with Crippen molar-refractivity contribution in [3.05, 3.63) is 23.8 Å². The van der Waals surface area contributed by atoms with Gasteiger partial charge in [0.15, 0.2) is 11.5 Å². The molecule has 0 spiro atoms. The Morgan fingerprint density at radius 2 is 1.89 bits per heavy atom. The Labute approximate surface area is 116 Å². The predicted molar refractivity (Wildman–Crippen MR) is 78.2 cm³/mol. The fourth-order valence-electron chi connectivity index (χ4n) is 2.26. The summed E-state index contributed by atoms with van der Waals surface area (Å²) in [5.41, 5.74) is 1.44. The molecular weight excluding hydrogens is 238 g/mol. The molecule has 1 heterocycles. The summed E-state index contributed by atoms with van der Waals surface area (Å²) in [6.07, 6.45) is 1.10. The van der Waals surface area contributed by atoms with Crippen LogP contribution < -0.4 is 14.8 Å². The molecule has 2 rings (SSSR count). The lowest BCUT2D eigenvalue weighted by Gasteiger charge is -2.26. The van der Waals surface area contributed by atoms with Gasteiger partial charge in [0.25, 0.3) is 0 Å². The van der Waals surface area contributed by atoms with E-state index in [9.17, 15) is 0 Å². The van der Waals surface area contributed by atoms with Crippen LogP contribution in [-0.2, 0) is 5.41 Å². The van der Waals surface area contributed by atoms with Gasteiger partial charge >= 0.3 is 0 Å². The third-order valence-electron chi connectivity index (χ3n) is 3.77. The second-order valence-electron chi connectivity index (χ2n) is 6.13. The zero-order valence-electron chi connectivity index (χ0n) is 12.5. The molecule has 3 heteroatoms. The van der Waals surface area contributed by atoms with Gasteiger partial charge in [0.2, 0.25) is 0 Å². The second kappa shape index (κ2) is 5.83. The summed E-state index contributed by atoms with van der Waals surface area (Å²) in [7, 11) is 1.99. The number of benzene rings is 1. The molecule has 1 N–H and O–H groups in total. The molecule has 0 aliphatic carbocycles. The van der Waals surface area contributed by atoms with Crippen molar-refractivity contribution >= 4 is 0 Å². The van der Waals surface area contributed by atoms with E-state index in [1.54, 1.807) is 0 Å². The minimum Gasteiger partial charge on any atom is -0.489 e. The fourth-order valence-corrected chi connectivity index (χ4v) is 2.26. The number of fused-ring (bicyclic) bond motifs is 1. The van der Waals surface area contributed by atoms with Crippen molar-refractivity contribution in [1.29, 1.82) is 0 Å². The molecule has 0 radical (unpaired) electrons. The molecule has 0 aromatic heterocycles. The van der Waals surface area contributed by atoms with Crippen LogP contribution in [0.5, 0.6) is 11.5 Å². The van der Waals surface area contributed by atoms with Crippen LogP contribution in [0.15, 0.2) is 18.2 Å². The first-order valence-corrected chi connectivity index (χ1v) is 7.07. The highest BCUT2D eigenvalue weighted by Gasteiger charge is 2.23. The van der Waals surface area contributed by atoms with Crippen molar-refractivity contribution in [2.75, 3.05) is 26.8 Å². The third kappa shape index (κ3) is 3.41. The van der Waals surface area contributed by atoms with Gasteiger partial charge in [0.05, 0.1) is 13.2 Å². The highest BCUT2D eigenvalue weighted by molar-refractivity contribution is 5.45. The van der Waals surface area contributed by atoms with E-state index in [1.165, 1.54) is 5.56 Å². The minimum absolute atomic E-state index is 0.138. The number of hydrogen-bond donors (Lipinski definition) is 1. The molecule has 3 nitrogen and oxygen atoms in total. The molecule has 1 atom stereocenters. The zero-order chi connectivity index (χ0) is 13.9. The molecule has 1 aromatic carbocycles. The average molecular weight is 263 g/mol. The van der Waals surface area contributed by atoms with E-state index >= 15 is 0 Å². The van der Waals surface area contributed by atoms with Crippen LogP contribution in [-0.4, -0.2) is 26.8 Å². The van der Waals surface area contributed by atoms with E-state index in [2.05, 4.69) is 38.2 Å². The van der Waals surface area contributed by atoms with E-state index in [4.69, 9.17) is 9.47 Å². The SMILES string of the molecule is CNCCC(C)(C)c1ccc2c(c1)OCC(C)CO2. The highest BCUT2D eigenvalue weighted by atomic mass is 16.5. The lowest BCUT2D eigenvalue weighted by atomic mass is 9.81. The lowest BCUT2D eigenvalue weighted by molar-refractivity contribution is 0.228. The standard InChI is InChI=1S/C16H25NO2/c1-12-10-18-14-6-5-13(9-15(14)19-11-12)16(2,3)7-8-17-4/h5-6,9,12,17H,7-8,10-11H2,1-4H3. The predicted octanol–water partition coefficient (Wildman–Crippen LogP) is 2.98. The van der Waals surface area contributed by atoms with Crippen molar-refractivity contribution in [3.63, 3.8) is 0 Å². The number of rotatable bonds is 4. The first kappa shape index (κ1) is 14.2. The van der Waals surface area contributed by atoms with Crippen molar-refractivity contribution in [3.8, 4) is 11.5 Å². The first-order chi connectivity index (χ1) is 9.03. The van der Waals surface area contributed by atoms with Crippen LogP contribution in [0.4, 0.5) is 0 Å². The molecule has 1 aliphatic rings.